The molecule has 1 aromatic rings. The maximum absolute atomic E-state index is 12.5. The van der Waals surface area contributed by atoms with E-state index in [0.717, 1.165) is 31.7 Å². The molecular formula is C15H21N3OS2. The summed E-state index contributed by atoms with van der Waals surface area (Å²) in [6.45, 7) is 5.08. The predicted octanol–water partition coefficient (Wildman–Crippen LogP) is 1.84. The Bertz CT molecular complexity index is 510. The molecule has 0 bridgehead atoms. The van der Waals surface area contributed by atoms with E-state index >= 15 is 0 Å². The van der Waals surface area contributed by atoms with Crippen molar-refractivity contribution in [2.24, 2.45) is 5.73 Å². The van der Waals surface area contributed by atoms with Gasteiger partial charge in [-0.15, -0.1) is 11.8 Å². The summed E-state index contributed by atoms with van der Waals surface area (Å²) in [4.78, 5) is 18.3. The average Bonchev–Trinajstić information content (AvgIpc) is 2.53. The summed E-state index contributed by atoms with van der Waals surface area (Å²) in [5.74, 6) is 0.102. The molecule has 0 aromatic heterocycles. The number of nitrogens with two attached hydrogens (primary N) is 1. The quantitative estimate of drug-likeness (QED) is 0.677. The second-order valence-electron chi connectivity index (χ2n) is 5.14. The van der Waals surface area contributed by atoms with Crippen molar-refractivity contribution in [3.05, 3.63) is 29.8 Å². The lowest BCUT2D eigenvalue weighted by Gasteiger charge is -2.37. The van der Waals surface area contributed by atoms with Crippen molar-refractivity contribution in [2.75, 3.05) is 32.4 Å². The topological polar surface area (TPSA) is 49.6 Å². The van der Waals surface area contributed by atoms with Gasteiger partial charge in [0.05, 0.1) is 11.0 Å². The first-order valence-electron chi connectivity index (χ1n) is 6.99. The summed E-state index contributed by atoms with van der Waals surface area (Å²) < 4.78 is 0. The molecular weight excluding hydrogens is 302 g/mol. The molecule has 1 atom stereocenters. The predicted molar refractivity (Wildman–Crippen MR) is 91.9 cm³/mol. The normalized spacial score (nSPS) is 17.5. The van der Waals surface area contributed by atoms with Gasteiger partial charge in [-0.2, -0.15) is 0 Å². The SMILES string of the molecule is CSc1ccc(C(=O)N2CCN(C(C)C(N)=S)CC2)cc1. The smallest absolute Gasteiger partial charge is 0.253 e. The lowest BCUT2D eigenvalue weighted by Crippen LogP contribution is -2.53. The zero-order valence-corrected chi connectivity index (χ0v) is 14.0. The molecule has 1 saturated heterocycles. The third-order valence-electron chi connectivity index (χ3n) is 3.90. The third-order valence-corrected chi connectivity index (χ3v) is 4.98. The van der Waals surface area contributed by atoms with Gasteiger partial charge in [-0.05, 0) is 37.4 Å². The van der Waals surface area contributed by atoms with Gasteiger partial charge >= 0.3 is 0 Å². The van der Waals surface area contributed by atoms with E-state index in [1.54, 1.807) is 11.8 Å². The lowest BCUT2D eigenvalue weighted by atomic mass is 10.1. The first-order valence-corrected chi connectivity index (χ1v) is 8.63. The number of hydrogen-bond acceptors (Lipinski definition) is 4. The van der Waals surface area contributed by atoms with Gasteiger partial charge in [-0.25, -0.2) is 0 Å². The molecule has 2 rings (SSSR count). The molecule has 0 radical (unpaired) electrons. The minimum absolute atomic E-state index is 0.0955. The summed E-state index contributed by atoms with van der Waals surface area (Å²) in [6, 6.07) is 7.88. The van der Waals surface area contributed by atoms with Gasteiger partial charge in [0, 0.05) is 36.6 Å². The number of thiocarbonyl (C=S) groups is 1. The highest BCUT2D eigenvalue weighted by Crippen LogP contribution is 2.17. The van der Waals surface area contributed by atoms with Crippen LogP contribution in [0.1, 0.15) is 17.3 Å². The van der Waals surface area contributed by atoms with Crippen molar-refractivity contribution in [1.82, 2.24) is 9.80 Å². The van der Waals surface area contributed by atoms with Crippen LogP contribution < -0.4 is 5.73 Å². The maximum atomic E-state index is 12.5. The first-order chi connectivity index (χ1) is 10.0. The molecule has 0 spiro atoms. The van der Waals surface area contributed by atoms with E-state index in [1.807, 2.05) is 42.3 Å². The van der Waals surface area contributed by atoms with Crippen molar-refractivity contribution in [1.29, 1.82) is 0 Å². The van der Waals surface area contributed by atoms with E-state index in [0.29, 0.717) is 4.99 Å². The number of benzene rings is 1. The maximum Gasteiger partial charge on any atom is 0.253 e. The fraction of sp³-hybridized carbons (Fsp3) is 0.467. The van der Waals surface area contributed by atoms with Crippen LogP contribution in [0.15, 0.2) is 29.2 Å². The highest BCUT2D eigenvalue weighted by atomic mass is 32.2. The fourth-order valence-electron chi connectivity index (χ4n) is 2.41. The summed E-state index contributed by atoms with van der Waals surface area (Å²) in [7, 11) is 0. The zero-order chi connectivity index (χ0) is 15.4. The Morgan fingerprint density at radius 2 is 1.81 bits per heavy atom. The fourth-order valence-corrected chi connectivity index (χ4v) is 2.97. The monoisotopic (exact) mass is 323 g/mol. The summed E-state index contributed by atoms with van der Waals surface area (Å²) in [5, 5.41) is 0. The Morgan fingerprint density at radius 3 is 2.29 bits per heavy atom. The van der Waals surface area contributed by atoms with Crippen molar-refractivity contribution < 1.29 is 4.79 Å². The van der Waals surface area contributed by atoms with Gasteiger partial charge in [0.15, 0.2) is 0 Å². The summed E-state index contributed by atoms with van der Waals surface area (Å²) in [6.07, 6.45) is 2.03. The molecule has 1 aliphatic heterocycles. The van der Waals surface area contributed by atoms with Gasteiger partial charge in [0.25, 0.3) is 5.91 Å². The number of hydrogen-bond donors (Lipinski definition) is 1. The number of rotatable bonds is 4. The first kappa shape index (κ1) is 16.3. The number of amides is 1. The van der Waals surface area contributed by atoms with E-state index in [9.17, 15) is 4.79 Å². The van der Waals surface area contributed by atoms with Crippen molar-refractivity contribution in [2.45, 2.75) is 17.9 Å². The van der Waals surface area contributed by atoms with Crippen LogP contribution in [0.4, 0.5) is 0 Å². The van der Waals surface area contributed by atoms with Gasteiger partial charge in [0.2, 0.25) is 0 Å². The number of thioether (sulfide) groups is 1. The number of piperazine rings is 1. The zero-order valence-electron chi connectivity index (χ0n) is 12.4. The van der Waals surface area contributed by atoms with Crippen molar-refractivity contribution in [3.63, 3.8) is 0 Å². The van der Waals surface area contributed by atoms with Crippen LogP contribution in [0.25, 0.3) is 0 Å². The van der Waals surface area contributed by atoms with Crippen LogP contribution in [0.5, 0.6) is 0 Å². The van der Waals surface area contributed by atoms with Crippen LogP contribution in [-0.2, 0) is 0 Å². The van der Waals surface area contributed by atoms with Crippen molar-refractivity contribution in [3.8, 4) is 0 Å². The molecule has 6 heteroatoms. The molecule has 2 N–H and O–H groups in total. The summed E-state index contributed by atoms with van der Waals surface area (Å²) >= 11 is 6.71. The molecule has 1 amide bonds. The number of nitrogens with zero attached hydrogens (tertiary/aromatic N) is 2. The Kier molecular flexibility index (Phi) is 5.61. The average molecular weight is 323 g/mol. The molecule has 0 saturated carbocycles. The van der Waals surface area contributed by atoms with E-state index in [2.05, 4.69) is 4.90 Å². The Balaban J connectivity index is 1.95. The molecule has 0 aliphatic carbocycles. The molecule has 1 heterocycles. The molecule has 114 valence electrons. The Labute approximate surface area is 135 Å². The standard InChI is InChI=1S/C15H21N3OS2/c1-11(14(16)20)17-7-9-18(10-8-17)15(19)12-3-5-13(21-2)6-4-12/h3-6,11H,7-10H2,1-2H3,(H2,16,20). The van der Waals surface area contributed by atoms with Gasteiger partial charge in [0.1, 0.15) is 0 Å². The highest BCUT2D eigenvalue weighted by molar-refractivity contribution is 7.98. The Morgan fingerprint density at radius 1 is 1.24 bits per heavy atom. The van der Waals surface area contributed by atoms with E-state index in [1.165, 1.54) is 4.90 Å². The largest absolute Gasteiger partial charge is 0.392 e. The van der Waals surface area contributed by atoms with Crippen LogP contribution in [0, 0.1) is 0 Å². The highest BCUT2D eigenvalue weighted by Gasteiger charge is 2.25. The third kappa shape index (κ3) is 3.96. The van der Waals surface area contributed by atoms with Crippen LogP contribution in [-0.4, -0.2) is 59.2 Å². The molecule has 1 unspecified atom stereocenters. The van der Waals surface area contributed by atoms with Gasteiger partial charge < -0.3 is 10.6 Å². The minimum atomic E-state index is 0.0955. The second-order valence-corrected chi connectivity index (χ2v) is 6.49. The number of carbonyl (C=O) groups excluding carboxylic acids is 1. The minimum Gasteiger partial charge on any atom is -0.392 e. The molecule has 1 aromatic carbocycles. The molecule has 4 nitrogen and oxygen atoms in total. The number of carbonyl (C=O) groups is 1. The Hall–Kier alpha value is -1.11. The van der Waals surface area contributed by atoms with E-state index in [4.69, 9.17) is 18.0 Å². The van der Waals surface area contributed by atoms with Gasteiger partial charge in [-0.3, -0.25) is 9.69 Å². The molecule has 1 aliphatic rings. The van der Waals surface area contributed by atoms with Gasteiger partial charge in [-0.1, -0.05) is 12.2 Å². The van der Waals surface area contributed by atoms with Crippen LogP contribution in [0.3, 0.4) is 0 Å². The van der Waals surface area contributed by atoms with Crippen LogP contribution in [0.2, 0.25) is 0 Å². The van der Waals surface area contributed by atoms with E-state index < -0.39 is 0 Å². The van der Waals surface area contributed by atoms with E-state index in [-0.39, 0.29) is 11.9 Å². The second kappa shape index (κ2) is 7.24. The molecule has 1 fully saturated rings. The lowest BCUT2D eigenvalue weighted by molar-refractivity contribution is 0.0621. The van der Waals surface area contributed by atoms with Crippen LogP contribution >= 0.6 is 24.0 Å². The summed E-state index contributed by atoms with van der Waals surface area (Å²) in [5.41, 5.74) is 6.44. The molecule has 21 heavy (non-hydrogen) atoms. The van der Waals surface area contributed by atoms with Crippen molar-refractivity contribution >= 4 is 34.9 Å².